The molecule has 22 heavy (non-hydrogen) atoms. The Morgan fingerprint density at radius 3 is 2.59 bits per heavy atom. The molecule has 0 radical (unpaired) electrons. The largest absolute Gasteiger partial charge is 0.387 e. The van der Waals surface area contributed by atoms with E-state index in [0.29, 0.717) is 18.6 Å². The maximum Gasteiger partial charge on any atom is 0.123 e. The highest BCUT2D eigenvalue weighted by molar-refractivity contribution is 5.18. The predicted octanol–water partition coefficient (Wildman–Crippen LogP) is 2.81. The van der Waals surface area contributed by atoms with E-state index in [1.54, 1.807) is 12.1 Å². The molecule has 2 unspecified atom stereocenters. The van der Waals surface area contributed by atoms with Crippen molar-refractivity contribution in [2.24, 2.45) is 0 Å². The molecule has 1 N–H and O–H groups in total. The Hall–Kier alpha value is -0.970. The Kier molecular flexibility index (Phi) is 5.11. The maximum atomic E-state index is 13.0. The first-order chi connectivity index (χ1) is 10.6. The van der Waals surface area contributed by atoms with Gasteiger partial charge in [-0.05, 0) is 63.4 Å². The van der Waals surface area contributed by atoms with Crippen LogP contribution in [0.4, 0.5) is 4.39 Å². The molecule has 3 nitrogen and oxygen atoms in total. The van der Waals surface area contributed by atoms with E-state index in [1.807, 2.05) is 0 Å². The van der Waals surface area contributed by atoms with Gasteiger partial charge in [0.15, 0.2) is 0 Å². The monoisotopic (exact) mass is 306 g/mol. The van der Waals surface area contributed by atoms with Crippen molar-refractivity contribution in [3.05, 3.63) is 35.6 Å². The fourth-order valence-electron chi connectivity index (χ4n) is 3.53. The molecule has 2 fully saturated rings. The Morgan fingerprint density at radius 1 is 1.27 bits per heavy atom. The Morgan fingerprint density at radius 2 is 2.00 bits per heavy atom. The molecule has 0 bridgehead atoms. The van der Waals surface area contributed by atoms with Crippen molar-refractivity contribution in [3.63, 3.8) is 0 Å². The van der Waals surface area contributed by atoms with Gasteiger partial charge in [0.25, 0.3) is 0 Å². The third-order valence-corrected chi connectivity index (χ3v) is 5.15. The van der Waals surface area contributed by atoms with Gasteiger partial charge >= 0.3 is 0 Å². The fourth-order valence-corrected chi connectivity index (χ4v) is 3.53. The average Bonchev–Trinajstić information content (AvgIpc) is 3.27. The first-order valence-corrected chi connectivity index (χ1v) is 8.51. The van der Waals surface area contributed by atoms with E-state index >= 15 is 0 Å². The summed E-state index contributed by atoms with van der Waals surface area (Å²) in [5.74, 6) is -0.251. The van der Waals surface area contributed by atoms with Crippen LogP contribution in [-0.2, 0) is 0 Å². The molecule has 1 aliphatic carbocycles. The molecule has 122 valence electrons. The minimum Gasteiger partial charge on any atom is -0.387 e. The molecule has 0 spiro atoms. The summed E-state index contributed by atoms with van der Waals surface area (Å²) in [4.78, 5) is 4.89. The topological polar surface area (TPSA) is 26.7 Å². The van der Waals surface area contributed by atoms with Gasteiger partial charge in [0.1, 0.15) is 5.82 Å². The van der Waals surface area contributed by atoms with Crippen molar-refractivity contribution in [1.29, 1.82) is 0 Å². The zero-order valence-electron chi connectivity index (χ0n) is 13.4. The van der Waals surface area contributed by atoms with Crippen molar-refractivity contribution < 1.29 is 9.50 Å². The molecule has 3 rings (SSSR count). The molecule has 1 aromatic carbocycles. The van der Waals surface area contributed by atoms with Gasteiger partial charge in [0, 0.05) is 25.2 Å². The number of nitrogens with zero attached hydrogens (tertiary/aromatic N) is 2. The standard InChI is InChI=1S/C18H27FN2O/c1-20-11-2-3-16(20)10-12-21(17-8-9-17)13-18(22)14-4-6-15(19)7-5-14/h4-7,16-18,22H,2-3,8-13H2,1H3. The summed E-state index contributed by atoms with van der Waals surface area (Å²) in [6, 6.07) is 7.57. The second-order valence-corrected chi connectivity index (χ2v) is 6.86. The number of likely N-dealkylation sites (tertiary alicyclic amines) is 1. The summed E-state index contributed by atoms with van der Waals surface area (Å²) in [5, 5.41) is 10.4. The molecule has 4 heteroatoms. The van der Waals surface area contributed by atoms with Gasteiger partial charge in [0.2, 0.25) is 0 Å². The van der Waals surface area contributed by atoms with Crippen LogP contribution in [0.1, 0.15) is 43.8 Å². The number of aliphatic hydroxyl groups excluding tert-OH is 1. The Labute approximate surface area is 132 Å². The van der Waals surface area contributed by atoms with Crippen molar-refractivity contribution >= 4 is 0 Å². The number of hydrogen-bond donors (Lipinski definition) is 1. The van der Waals surface area contributed by atoms with Crippen molar-refractivity contribution in [2.75, 3.05) is 26.7 Å². The number of hydrogen-bond acceptors (Lipinski definition) is 3. The normalized spacial score (nSPS) is 24.1. The van der Waals surface area contributed by atoms with Crippen LogP contribution in [0.15, 0.2) is 24.3 Å². The van der Waals surface area contributed by atoms with E-state index in [4.69, 9.17) is 0 Å². The molecular weight excluding hydrogens is 279 g/mol. The minimum absolute atomic E-state index is 0.251. The quantitative estimate of drug-likeness (QED) is 0.839. The lowest BCUT2D eigenvalue weighted by Crippen LogP contribution is -2.35. The van der Waals surface area contributed by atoms with Crippen LogP contribution in [-0.4, -0.2) is 53.7 Å². The highest BCUT2D eigenvalue weighted by Crippen LogP contribution is 2.30. The Balaban J connectivity index is 1.53. The SMILES string of the molecule is CN1CCCC1CCN(CC(O)c1ccc(F)cc1)C1CC1. The second-order valence-electron chi connectivity index (χ2n) is 6.86. The number of aliphatic hydroxyl groups is 1. The first-order valence-electron chi connectivity index (χ1n) is 8.51. The molecule has 2 atom stereocenters. The zero-order chi connectivity index (χ0) is 15.5. The van der Waals surface area contributed by atoms with Crippen LogP contribution in [0, 0.1) is 5.82 Å². The van der Waals surface area contributed by atoms with Crippen LogP contribution in [0.5, 0.6) is 0 Å². The van der Waals surface area contributed by atoms with E-state index in [0.717, 1.165) is 12.1 Å². The molecular formula is C18H27FN2O. The van der Waals surface area contributed by atoms with Gasteiger partial charge < -0.3 is 10.0 Å². The van der Waals surface area contributed by atoms with Crippen LogP contribution in [0.3, 0.4) is 0 Å². The third-order valence-electron chi connectivity index (χ3n) is 5.15. The molecule has 1 aliphatic heterocycles. The Bertz CT molecular complexity index is 474. The minimum atomic E-state index is -0.525. The summed E-state index contributed by atoms with van der Waals surface area (Å²) in [7, 11) is 2.21. The van der Waals surface area contributed by atoms with Gasteiger partial charge in [-0.25, -0.2) is 4.39 Å². The third kappa shape index (κ3) is 4.06. The van der Waals surface area contributed by atoms with Crippen molar-refractivity contribution in [1.82, 2.24) is 9.80 Å². The summed E-state index contributed by atoms with van der Waals surface area (Å²) >= 11 is 0. The van der Waals surface area contributed by atoms with Crippen molar-refractivity contribution in [2.45, 2.75) is 50.3 Å². The van der Waals surface area contributed by atoms with Gasteiger partial charge in [0.05, 0.1) is 6.10 Å². The molecule has 2 aliphatic rings. The highest BCUT2D eigenvalue weighted by atomic mass is 19.1. The molecule has 0 amide bonds. The van der Waals surface area contributed by atoms with Crippen LogP contribution >= 0.6 is 0 Å². The summed E-state index contributed by atoms with van der Waals surface area (Å²) in [5.41, 5.74) is 0.810. The van der Waals surface area contributed by atoms with E-state index < -0.39 is 6.10 Å². The van der Waals surface area contributed by atoms with Crippen LogP contribution in [0.25, 0.3) is 0 Å². The molecule has 1 saturated heterocycles. The fraction of sp³-hybridized carbons (Fsp3) is 0.667. The lowest BCUT2D eigenvalue weighted by Gasteiger charge is -2.28. The van der Waals surface area contributed by atoms with Crippen LogP contribution in [0.2, 0.25) is 0 Å². The van der Waals surface area contributed by atoms with E-state index in [9.17, 15) is 9.50 Å². The van der Waals surface area contributed by atoms with E-state index in [2.05, 4.69) is 16.8 Å². The predicted molar refractivity (Wildman–Crippen MR) is 86.2 cm³/mol. The molecule has 1 saturated carbocycles. The van der Waals surface area contributed by atoms with Gasteiger partial charge in [-0.1, -0.05) is 12.1 Å². The van der Waals surface area contributed by atoms with Gasteiger partial charge in [-0.2, -0.15) is 0 Å². The highest BCUT2D eigenvalue weighted by Gasteiger charge is 2.31. The van der Waals surface area contributed by atoms with Gasteiger partial charge in [-0.3, -0.25) is 4.90 Å². The van der Waals surface area contributed by atoms with Crippen molar-refractivity contribution in [3.8, 4) is 0 Å². The van der Waals surface area contributed by atoms with Crippen LogP contribution < -0.4 is 0 Å². The smallest absolute Gasteiger partial charge is 0.123 e. The first kappa shape index (κ1) is 15.9. The lowest BCUT2D eigenvalue weighted by molar-refractivity contribution is 0.103. The van der Waals surface area contributed by atoms with E-state index in [1.165, 1.54) is 50.8 Å². The van der Waals surface area contributed by atoms with E-state index in [-0.39, 0.29) is 5.82 Å². The maximum absolute atomic E-state index is 13.0. The summed E-state index contributed by atoms with van der Waals surface area (Å²) < 4.78 is 13.0. The average molecular weight is 306 g/mol. The summed E-state index contributed by atoms with van der Waals surface area (Å²) in [6.07, 6.45) is 5.76. The molecule has 0 aromatic heterocycles. The second kappa shape index (κ2) is 7.07. The molecule has 1 aromatic rings. The summed E-state index contributed by atoms with van der Waals surface area (Å²) in [6.45, 7) is 2.93. The molecule has 1 heterocycles. The van der Waals surface area contributed by atoms with Gasteiger partial charge in [-0.15, -0.1) is 0 Å². The number of benzene rings is 1. The number of halogens is 1. The number of rotatable bonds is 7. The zero-order valence-corrected chi connectivity index (χ0v) is 13.4. The lowest BCUT2D eigenvalue weighted by atomic mass is 10.1.